The monoisotopic (exact) mass is 358 g/mol. The van der Waals surface area contributed by atoms with E-state index in [1.54, 1.807) is 22.8 Å². The number of fused-ring (bicyclic) bond motifs is 1. The summed E-state index contributed by atoms with van der Waals surface area (Å²) in [4.78, 5) is 16.5. The molecule has 2 heterocycles. The Bertz CT molecular complexity index is 905. The highest BCUT2D eigenvalue weighted by Crippen LogP contribution is 2.27. The second-order valence-corrected chi connectivity index (χ2v) is 7.04. The van der Waals surface area contributed by atoms with Gasteiger partial charge in [0.15, 0.2) is 5.65 Å². The number of rotatable bonds is 5. The lowest BCUT2D eigenvalue weighted by Gasteiger charge is -2.09. The molecule has 0 aliphatic heterocycles. The first-order valence-electron chi connectivity index (χ1n) is 7.97. The highest BCUT2D eigenvalue weighted by atomic mass is 32.2. The van der Waals surface area contributed by atoms with E-state index in [4.69, 9.17) is 0 Å². The molecule has 1 amide bonds. The summed E-state index contributed by atoms with van der Waals surface area (Å²) in [5.74, 6) is 0.00737. The van der Waals surface area contributed by atoms with Crippen molar-refractivity contribution >= 4 is 23.3 Å². The number of aryl methyl sites for hydroxylation is 1. The molecule has 3 rings (SSSR count). The standard InChI is InChI=1S/C18H19FN4OS/c1-11(2)21-16(24)10-25-17-8-12(3)22-18-15(9-20-23(17)18)13-4-6-14(19)7-5-13/h4-9,11H,10H2,1-3H3,(H,21,24). The first-order chi connectivity index (χ1) is 11.9. The molecule has 0 unspecified atom stereocenters. The number of amides is 1. The molecule has 0 saturated heterocycles. The van der Waals surface area contributed by atoms with Crippen LogP contribution >= 0.6 is 11.8 Å². The summed E-state index contributed by atoms with van der Waals surface area (Å²) in [7, 11) is 0. The van der Waals surface area contributed by atoms with Crippen LogP contribution in [0.2, 0.25) is 0 Å². The number of benzene rings is 1. The van der Waals surface area contributed by atoms with Gasteiger partial charge in [-0.2, -0.15) is 5.10 Å². The van der Waals surface area contributed by atoms with Gasteiger partial charge < -0.3 is 5.32 Å². The number of thioether (sulfide) groups is 1. The molecule has 0 saturated carbocycles. The highest BCUT2D eigenvalue weighted by molar-refractivity contribution is 7.99. The number of carbonyl (C=O) groups is 1. The molecule has 0 radical (unpaired) electrons. The number of carbonyl (C=O) groups excluding carboxylic acids is 1. The van der Waals surface area contributed by atoms with Crippen LogP contribution in [0.4, 0.5) is 4.39 Å². The number of nitrogens with one attached hydrogen (secondary N) is 1. The fourth-order valence-corrected chi connectivity index (χ4v) is 3.36. The lowest BCUT2D eigenvalue weighted by Crippen LogP contribution is -2.31. The molecule has 3 aromatic rings. The van der Waals surface area contributed by atoms with E-state index < -0.39 is 0 Å². The SMILES string of the molecule is Cc1cc(SCC(=O)NC(C)C)n2ncc(-c3ccc(F)cc3)c2n1. The van der Waals surface area contributed by atoms with Gasteiger partial charge in [0.05, 0.1) is 11.9 Å². The summed E-state index contributed by atoms with van der Waals surface area (Å²) >= 11 is 1.41. The van der Waals surface area contributed by atoms with Crippen molar-refractivity contribution < 1.29 is 9.18 Å². The van der Waals surface area contributed by atoms with E-state index in [1.165, 1.54) is 23.9 Å². The topological polar surface area (TPSA) is 59.3 Å². The summed E-state index contributed by atoms with van der Waals surface area (Å²) in [5.41, 5.74) is 3.21. The third-order valence-corrected chi connectivity index (χ3v) is 4.52. The van der Waals surface area contributed by atoms with Crippen LogP contribution in [0.5, 0.6) is 0 Å². The molecule has 5 nitrogen and oxygen atoms in total. The molecule has 25 heavy (non-hydrogen) atoms. The molecule has 1 N–H and O–H groups in total. The Balaban J connectivity index is 1.93. The molecule has 1 aromatic carbocycles. The summed E-state index contributed by atoms with van der Waals surface area (Å²) in [6, 6.07) is 8.27. The highest BCUT2D eigenvalue weighted by Gasteiger charge is 2.14. The molecule has 0 aliphatic carbocycles. The van der Waals surface area contributed by atoms with Gasteiger partial charge in [0.2, 0.25) is 5.91 Å². The molecule has 130 valence electrons. The van der Waals surface area contributed by atoms with Gasteiger partial charge in [0.1, 0.15) is 10.8 Å². The average Bonchev–Trinajstić information content (AvgIpc) is 2.96. The number of halogens is 1. The zero-order chi connectivity index (χ0) is 18.0. The van der Waals surface area contributed by atoms with Gasteiger partial charge in [0, 0.05) is 17.3 Å². The van der Waals surface area contributed by atoms with Crippen LogP contribution in [-0.4, -0.2) is 32.3 Å². The van der Waals surface area contributed by atoms with Gasteiger partial charge in [-0.3, -0.25) is 4.79 Å². The Morgan fingerprint density at radius 3 is 2.72 bits per heavy atom. The average molecular weight is 358 g/mol. The van der Waals surface area contributed by atoms with Crippen molar-refractivity contribution in [2.24, 2.45) is 0 Å². The normalized spacial score (nSPS) is 11.2. The number of hydrogen-bond donors (Lipinski definition) is 1. The van der Waals surface area contributed by atoms with Crippen LogP contribution in [0, 0.1) is 12.7 Å². The van der Waals surface area contributed by atoms with Crippen molar-refractivity contribution in [1.82, 2.24) is 19.9 Å². The maximum Gasteiger partial charge on any atom is 0.230 e. The molecule has 2 aromatic heterocycles. The second-order valence-electron chi connectivity index (χ2n) is 6.05. The number of aromatic nitrogens is 3. The van der Waals surface area contributed by atoms with Crippen LogP contribution < -0.4 is 5.32 Å². The third-order valence-electron chi connectivity index (χ3n) is 3.52. The van der Waals surface area contributed by atoms with Gasteiger partial charge >= 0.3 is 0 Å². The maximum absolute atomic E-state index is 13.2. The largest absolute Gasteiger partial charge is 0.353 e. The molecular formula is C18H19FN4OS. The van der Waals surface area contributed by atoms with E-state index in [1.807, 2.05) is 26.8 Å². The molecular weight excluding hydrogens is 339 g/mol. The van der Waals surface area contributed by atoms with Crippen molar-refractivity contribution in [2.75, 3.05) is 5.75 Å². The van der Waals surface area contributed by atoms with E-state index in [2.05, 4.69) is 15.4 Å². The third kappa shape index (κ3) is 3.99. The summed E-state index contributed by atoms with van der Waals surface area (Å²) in [5, 5.41) is 8.12. The minimum absolute atomic E-state index is 0.0199. The van der Waals surface area contributed by atoms with E-state index in [0.717, 1.165) is 21.8 Å². The van der Waals surface area contributed by atoms with Crippen LogP contribution in [-0.2, 0) is 4.79 Å². The van der Waals surface area contributed by atoms with Gasteiger partial charge in [-0.15, -0.1) is 0 Å². The van der Waals surface area contributed by atoms with Gasteiger partial charge in [-0.1, -0.05) is 23.9 Å². The quantitative estimate of drug-likeness (QED) is 0.560. The minimum atomic E-state index is -0.281. The fraction of sp³-hybridized carbons (Fsp3) is 0.278. The number of nitrogens with zero attached hydrogens (tertiary/aromatic N) is 3. The predicted molar refractivity (Wildman–Crippen MR) is 97.1 cm³/mol. The van der Waals surface area contributed by atoms with Crippen molar-refractivity contribution in [3.05, 3.63) is 48.0 Å². The van der Waals surface area contributed by atoms with Gasteiger partial charge in [0.25, 0.3) is 0 Å². The maximum atomic E-state index is 13.2. The van der Waals surface area contributed by atoms with Crippen molar-refractivity contribution in [2.45, 2.75) is 31.8 Å². The van der Waals surface area contributed by atoms with Crippen LogP contribution in [0.1, 0.15) is 19.5 Å². The Morgan fingerprint density at radius 2 is 2.04 bits per heavy atom. The second kappa shape index (κ2) is 7.23. The van der Waals surface area contributed by atoms with Gasteiger partial charge in [-0.25, -0.2) is 13.9 Å². The smallest absolute Gasteiger partial charge is 0.230 e. The molecule has 0 bridgehead atoms. The Labute approximate surface area is 149 Å². The Hall–Kier alpha value is -2.41. The zero-order valence-corrected chi connectivity index (χ0v) is 15.1. The van der Waals surface area contributed by atoms with Crippen molar-refractivity contribution in [3.8, 4) is 11.1 Å². The Kier molecular flexibility index (Phi) is 5.03. The summed E-state index contributed by atoms with van der Waals surface area (Å²) < 4.78 is 14.9. The van der Waals surface area contributed by atoms with Crippen LogP contribution in [0.15, 0.2) is 41.6 Å². The minimum Gasteiger partial charge on any atom is -0.353 e. The van der Waals surface area contributed by atoms with E-state index in [9.17, 15) is 9.18 Å². The summed E-state index contributed by atoms with van der Waals surface area (Å²) in [6.45, 7) is 5.76. The van der Waals surface area contributed by atoms with Crippen LogP contribution in [0.25, 0.3) is 16.8 Å². The first-order valence-corrected chi connectivity index (χ1v) is 8.96. The molecule has 0 fully saturated rings. The fourth-order valence-electron chi connectivity index (χ4n) is 2.49. The lowest BCUT2D eigenvalue weighted by atomic mass is 10.1. The van der Waals surface area contributed by atoms with E-state index in [-0.39, 0.29) is 17.8 Å². The molecule has 0 spiro atoms. The number of hydrogen-bond acceptors (Lipinski definition) is 4. The summed E-state index contributed by atoms with van der Waals surface area (Å²) in [6.07, 6.45) is 1.72. The molecule has 7 heteroatoms. The van der Waals surface area contributed by atoms with E-state index >= 15 is 0 Å². The zero-order valence-electron chi connectivity index (χ0n) is 14.3. The van der Waals surface area contributed by atoms with Crippen LogP contribution in [0.3, 0.4) is 0 Å². The molecule has 0 aliphatic rings. The predicted octanol–water partition coefficient (Wildman–Crippen LogP) is 3.46. The van der Waals surface area contributed by atoms with Crippen molar-refractivity contribution in [3.63, 3.8) is 0 Å². The van der Waals surface area contributed by atoms with E-state index in [0.29, 0.717) is 11.4 Å². The van der Waals surface area contributed by atoms with Gasteiger partial charge in [-0.05, 0) is 44.5 Å². The Morgan fingerprint density at radius 1 is 1.32 bits per heavy atom. The first kappa shape index (κ1) is 17.4. The lowest BCUT2D eigenvalue weighted by molar-refractivity contribution is -0.119. The van der Waals surface area contributed by atoms with Crippen molar-refractivity contribution in [1.29, 1.82) is 0 Å². The molecule has 0 atom stereocenters.